The van der Waals surface area contributed by atoms with E-state index in [-0.39, 0.29) is 11.4 Å². The highest BCUT2D eigenvalue weighted by atomic mass is 16.5. The Labute approximate surface area is 218 Å². The lowest BCUT2D eigenvalue weighted by atomic mass is 9.89. The van der Waals surface area contributed by atoms with E-state index in [0.29, 0.717) is 12.2 Å². The maximum absolute atomic E-state index is 13.3. The summed E-state index contributed by atoms with van der Waals surface area (Å²) in [5.41, 5.74) is 4.38. The molecule has 1 aliphatic heterocycles. The predicted molar refractivity (Wildman–Crippen MR) is 152 cm³/mol. The second-order valence-corrected chi connectivity index (χ2v) is 11.1. The van der Waals surface area contributed by atoms with Crippen molar-refractivity contribution in [1.82, 2.24) is 4.58 Å². The molecular weight excluding hydrogens is 458 g/mol. The van der Waals surface area contributed by atoms with Gasteiger partial charge in [-0.1, -0.05) is 69.3 Å². The molecule has 0 unspecified atom stereocenters. The van der Waals surface area contributed by atoms with E-state index >= 15 is 0 Å². The molecule has 188 valence electrons. The SMILES string of the molecule is C[N+](C)=c1ccc2c(-c3ccccc3C(=O)OCCCC(C)(C)C)c3ccc4ccccc4c3oc-2c1. The Bertz CT molecular complexity index is 1650. The fourth-order valence-electron chi connectivity index (χ4n) is 4.90. The Balaban J connectivity index is 1.71. The molecule has 0 saturated carbocycles. The molecule has 0 N–H and O–H groups in total. The van der Waals surface area contributed by atoms with Crippen LogP contribution in [-0.2, 0) is 4.74 Å². The van der Waals surface area contributed by atoms with Gasteiger partial charge in [-0.3, -0.25) is 0 Å². The number of esters is 1. The number of hydrogen-bond donors (Lipinski definition) is 0. The van der Waals surface area contributed by atoms with Crippen LogP contribution >= 0.6 is 0 Å². The minimum atomic E-state index is -0.294. The van der Waals surface area contributed by atoms with Crippen molar-refractivity contribution in [3.05, 3.63) is 89.8 Å². The van der Waals surface area contributed by atoms with E-state index in [4.69, 9.17) is 9.15 Å². The zero-order valence-electron chi connectivity index (χ0n) is 22.3. The first-order valence-electron chi connectivity index (χ1n) is 12.9. The van der Waals surface area contributed by atoms with Crippen molar-refractivity contribution < 1.29 is 13.9 Å². The van der Waals surface area contributed by atoms with Gasteiger partial charge in [0.25, 0.3) is 0 Å². The quantitative estimate of drug-likeness (QED) is 0.0845. The molecule has 0 saturated heterocycles. The molecule has 2 aliphatic rings. The zero-order valence-corrected chi connectivity index (χ0v) is 22.3. The number of carbonyl (C=O) groups is 1. The van der Waals surface area contributed by atoms with Crippen LogP contribution < -0.4 is 9.93 Å². The minimum Gasteiger partial charge on any atom is -0.462 e. The normalized spacial score (nSPS) is 11.8. The van der Waals surface area contributed by atoms with Gasteiger partial charge in [0.2, 0.25) is 5.36 Å². The number of nitrogens with zero attached hydrogens (tertiary/aromatic N) is 1. The summed E-state index contributed by atoms with van der Waals surface area (Å²) < 4.78 is 14.4. The van der Waals surface area contributed by atoms with Gasteiger partial charge in [-0.25, -0.2) is 9.37 Å². The average Bonchev–Trinajstić information content (AvgIpc) is 2.88. The third-order valence-corrected chi connectivity index (χ3v) is 6.83. The maximum atomic E-state index is 13.3. The fourth-order valence-corrected chi connectivity index (χ4v) is 4.90. The van der Waals surface area contributed by atoms with E-state index in [1.165, 1.54) is 0 Å². The van der Waals surface area contributed by atoms with Crippen LogP contribution in [0.25, 0.3) is 44.2 Å². The number of rotatable bonds is 5. The van der Waals surface area contributed by atoms with Crippen LogP contribution in [0.3, 0.4) is 0 Å². The second-order valence-electron chi connectivity index (χ2n) is 11.1. The molecule has 5 rings (SSSR count). The Hall–Kier alpha value is -3.92. The van der Waals surface area contributed by atoms with E-state index in [1.54, 1.807) is 0 Å². The van der Waals surface area contributed by atoms with Gasteiger partial charge in [0.05, 0.1) is 18.2 Å². The molecule has 1 aliphatic carbocycles. The summed E-state index contributed by atoms with van der Waals surface area (Å²) in [6, 6.07) is 26.4. The molecule has 1 heterocycles. The van der Waals surface area contributed by atoms with Gasteiger partial charge >= 0.3 is 5.97 Å². The van der Waals surface area contributed by atoms with Crippen molar-refractivity contribution in [2.75, 3.05) is 20.7 Å². The predicted octanol–water partition coefficient (Wildman–Crippen LogP) is 7.37. The smallest absolute Gasteiger partial charge is 0.338 e. The van der Waals surface area contributed by atoms with Crippen molar-refractivity contribution >= 4 is 27.7 Å². The van der Waals surface area contributed by atoms with E-state index in [1.807, 2.05) is 50.5 Å². The van der Waals surface area contributed by atoms with E-state index < -0.39 is 0 Å². The summed E-state index contributed by atoms with van der Waals surface area (Å²) in [6.45, 7) is 7.01. The molecule has 0 radical (unpaired) electrons. The Morgan fingerprint density at radius 1 is 0.865 bits per heavy atom. The molecule has 4 heteroatoms. The van der Waals surface area contributed by atoms with Crippen molar-refractivity contribution in [2.24, 2.45) is 5.41 Å². The average molecular weight is 493 g/mol. The summed E-state index contributed by atoms with van der Waals surface area (Å²) >= 11 is 0. The highest BCUT2D eigenvalue weighted by Crippen LogP contribution is 2.43. The molecule has 0 aromatic heterocycles. The standard InChI is InChI=1S/C33H34NO3/c1-33(2,3)19-10-20-36-32(35)26-14-9-8-13-25(26)30-27-18-16-23(34(4)5)21-29(27)37-31-24-12-7-6-11-22(24)15-17-28(30)31/h6-9,11-18,21H,10,19-20H2,1-5H3/q+1. The van der Waals surface area contributed by atoms with Gasteiger partial charge in [-0.15, -0.1) is 0 Å². The van der Waals surface area contributed by atoms with Crippen LogP contribution in [0.2, 0.25) is 0 Å². The second kappa shape index (κ2) is 9.85. The van der Waals surface area contributed by atoms with Crippen LogP contribution in [0.4, 0.5) is 0 Å². The van der Waals surface area contributed by atoms with E-state index in [2.05, 4.69) is 67.8 Å². The van der Waals surface area contributed by atoms with Gasteiger partial charge in [-0.2, -0.15) is 0 Å². The lowest BCUT2D eigenvalue weighted by molar-refractivity contribution is 0.0489. The number of ether oxygens (including phenoxy) is 1. The summed E-state index contributed by atoms with van der Waals surface area (Å²) in [7, 11) is 4.03. The Kier molecular flexibility index (Phi) is 6.59. The fraction of sp³-hybridized carbons (Fsp3) is 0.273. The zero-order chi connectivity index (χ0) is 26.2. The van der Waals surface area contributed by atoms with E-state index in [9.17, 15) is 4.79 Å². The van der Waals surface area contributed by atoms with Crippen LogP contribution in [0.5, 0.6) is 0 Å². The monoisotopic (exact) mass is 492 g/mol. The third kappa shape index (κ3) is 5.01. The third-order valence-electron chi connectivity index (χ3n) is 6.83. The highest BCUT2D eigenvalue weighted by Gasteiger charge is 2.23. The summed E-state index contributed by atoms with van der Waals surface area (Å²) in [6.07, 6.45) is 1.84. The number of fused-ring (bicyclic) bond motifs is 4. The molecular formula is C33H34NO3+. The van der Waals surface area contributed by atoms with Crippen LogP contribution in [-0.4, -0.2) is 26.7 Å². The summed E-state index contributed by atoms with van der Waals surface area (Å²) in [5.74, 6) is 0.482. The van der Waals surface area contributed by atoms with E-state index in [0.717, 1.165) is 62.4 Å². The molecule has 4 nitrogen and oxygen atoms in total. The molecule has 3 aromatic carbocycles. The van der Waals surface area contributed by atoms with Gasteiger partial charge < -0.3 is 9.15 Å². The highest BCUT2D eigenvalue weighted by molar-refractivity contribution is 6.14. The molecule has 3 aromatic rings. The number of carbonyl (C=O) groups excluding carboxylic acids is 1. The van der Waals surface area contributed by atoms with Crippen molar-refractivity contribution in [1.29, 1.82) is 0 Å². The lowest BCUT2D eigenvalue weighted by Gasteiger charge is -2.19. The summed E-state index contributed by atoms with van der Waals surface area (Å²) in [5, 5.41) is 4.17. The molecule has 0 amide bonds. The molecule has 0 bridgehead atoms. The van der Waals surface area contributed by atoms with Crippen molar-refractivity contribution in [2.45, 2.75) is 33.6 Å². The topological polar surface area (TPSA) is 42.5 Å². The number of hydrogen-bond acceptors (Lipinski definition) is 3. The van der Waals surface area contributed by atoms with Crippen molar-refractivity contribution in [3.63, 3.8) is 0 Å². The molecule has 0 spiro atoms. The first kappa shape index (κ1) is 24.8. The maximum Gasteiger partial charge on any atom is 0.338 e. The van der Waals surface area contributed by atoms with Gasteiger partial charge in [0.15, 0.2) is 0 Å². The first-order chi connectivity index (χ1) is 17.7. The van der Waals surface area contributed by atoms with Crippen LogP contribution in [0.1, 0.15) is 44.0 Å². The first-order valence-corrected chi connectivity index (χ1v) is 12.9. The minimum absolute atomic E-state index is 0.212. The van der Waals surface area contributed by atoms with Gasteiger partial charge in [0.1, 0.15) is 25.4 Å². The molecule has 0 atom stereocenters. The van der Waals surface area contributed by atoms with Gasteiger partial charge in [-0.05, 0) is 47.4 Å². The van der Waals surface area contributed by atoms with Crippen LogP contribution in [0, 0.1) is 5.41 Å². The van der Waals surface area contributed by atoms with Crippen molar-refractivity contribution in [3.8, 4) is 22.5 Å². The summed E-state index contributed by atoms with van der Waals surface area (Å²) in [4.78, 5) is 13.3. The Morgan fingerprint density at radius 3 is 2.41 bits per heavy atom. The van der Waals surface area contributed by atoms with Gasteiger partial charge in [0, 0.05) is 28.0 Å². The number of benzene rings is 4. The van der Waals surface area contributed by atoms with Crippen LogP contribution in [0.15, 0.2) is 83.3 Å². The Morgan fingerprint density at radius 2 is 1.62 bits per heavy atom. The molecule has 37 heavy (non-hydrogen) atoms. The molecule has 0 fully saturated rings. The lowest BCUT2D eigenvalue weighted by Crippen LogP contribution is -2.21. The largest absolute Gasteiger partial charge is 0.462 e.